The van der Waals surface area contributed by atoms with E-state index in [2.05, 4.69) is 5.32 Å². The number of carboxylic acid groups (broad SMARTS) is 1. The number of carboxylic acids is 1. The molecule has 4 N–H and O–H groups in total. The third kappa shape index (κ3) is 2.51. The summed E-state index contributed by atoms with van der Waals surface area (Å²) in [5.41, 5.74) is 5.38. The molecule has 0 heterocycles. The normalized spacial score (nSPS) is 30.3. The molecule has 5 nitrogen and oxygen atoms in total. The molecule has 0 spiro atoms. The zero-order valence-corrected chi connectivity index (χ0v) is 10.7. The molecule has 0 radical (unpaired) electrons. The number of nitrogens with two attached hydrogens (primary N) is 1. The van der Waals surface area contributed by atoms with E-state index < -0.39 is 5.97 Å². The first-order valence-corrected chi connectivity index (χ1v) is 6.81. The topological polar surface area (TPSA) is 92.4 Å². The molecule has 0 aliphatic heterocycles. The molecular weight excluding hydrogens is 232 g/mol. The van der Waals surface area contributed by atoms with Gasteiger partial charge < -0.3 is 16.2 Å². The van der Waals surface area contributed by atoms with Crippen LogP contribution in [0.3, 0.4) is 0 Å². The first kappa shape index (κ1) is 13.3. The third-order valence-corrected chi connectivity index (χ3v) is 4.55. The van der Waals surface area contributed by atoms with Gasteiger partial charge in [0.2, 0.25) is 5.91 Å². The second kappa shape index (κ2) is 5.26. The molecular formula is C13H22N2O3. The largest absolute Gasteiger partial charge is 0.481 e. The van der Waals surface area contributed by atoms with E-state index in [-0.39, 0.29) is 23.3 Å². The van der Waals surface area contributed by atoms with E-state index >= 15 is 0 Å². The fourth-order valence-electron chi connectivity index (χ4n) is 3.25. The van der Waals surface area contributed by atoms with Crippen molar-refractivity contribution in [2.75, 3.05) is 6.54 Å². The van der Waals surface area contributed by atoms with Gasteiger partial charge >= 0.3 is 5.97 Å². The van der Waals surface area contributed by atoms with E-state index in [1.807, 2.05) is 0 Å². The summed E-state index contributed by atoms with van der Waals surface area (Å²) in [4.78, 5) is 23.2. The first-order valence-electron chi connectivity index (χ1n) is 6.81. The van der Waals surface area contributed by atoms with Crippen molar-refractivity contribution >= 4 is 11.9 Å². The summed E-state index contributed by atoms with van der Waals surface area (Å²) in [5, 5.41) is 12.0. The van der Waals surface area contributed by atoms with Crippen LogP contribution < -0.4 is 11.1 Å². The molecule has 0 aromatic carbocycles. The number of amides is 1. The highest BCUT2D eigenvalue weighted by atomic mass is 16.4. The Morgan fingerprint density at radius 3 is 2.44 bits per heavy atom. The molecule has 5 heteroatoms. The quantitative estimate of drug-likeness (QED) is 0.694. The van der Waals surface area contributed by atoms with Crippen molar-refractivity contribution < 1.29 is 14.7 Å². The molecule has 2 aliphatic rings. The van der Waals surface area contributed by atoms with Gasteiger partial charge in [-0.05, 0) is 32.1 Å². The minimum Gasteiger partial charge on any atom is -0.481 e. The van der Waals surface area contributed by atoms with Crippen LogP contribution in [0.15, 0.2) is 0 Å². The van der Waals surface area contributed by atoms with E-state index in [9.17, 15) is 9.59 Å². The van der Waals surface area contributed by atoms with Crippen molar-refractivity contribution in [1.29, 1.82) is 0 Å². The molecule has 0 aromatic rings. The van der Waals surface area contributed by atoms with E-state index in [4.69, 9.17) is 10.8 Å². The molecule has 0 saturated heterocycles. The predicted octanol–water partition coefficient (Wildman–Crippen LogP) is 0.875. The average Bonchev–Trinajstić information content (AvgIpc) is 2.97. The third-order valence-electron chi connectivity index (χ3n) is 4.55. The van der Waals surface area contributed by atoms with Gasteiger partial charge in [-0.15, -0.1) is 0 Å². The van der Waals surface area contributed by atoms with E-state index in [1.165, 1.54) is 0 Å². The van der Waals surface area contributed by atoms with E-state index in [1.54, 1.807) is 0 Å². The second-order valence-corrected chi connectivity index (χ2v) is 5.71. The summed E-state index contributed by atoms with van der Waals surface area (Å²) < 4.78 is 0. The molecule has 2 rings (SSSR count). The Kier molecular flexibility index (Phi) is 3.90. The summed E-state index contributed by atoms with van der Waals surface area (Å²) in [6, 6.07) is 0.0163. The van der Waals surface area contributed by atoms with Gasteiger partial charge in [-0.25, -0.2) is 0 Å². The number of nitrogens with one attached hydrogen (secondary N) is 1. The summed E-state index contributed by atoms with van der Waals surface area (Å²) in [7, 11) is 0. The van der Waals surface area contributed by atoms with Crippen molar-refractivity contribution in [3.8, 4) is 0 Å². The maximum absolute atomic E-state index is 12.3. The van der Waals surface area contributed by atoms with Crippen LogP contribution in [0.25, 0.3) is 0 Å². The van der Waals surface area contributed by atoms with Gasteiger partial charge in [-0.3, -0.25) is 9.59 Å². The fraction of sp³-hybridized carbons (Fsp3) is 0.846. The second-order valence-electron chi connectivity index (χ2n) is 5.71. The lowest BCUT2D eigenvalue weighted by atomic mass is 9.85. The molecule has 0 aromatic heterocycles. The lowest BCUT2D eigenvalue weighted by molar-refractivity contribution is -0.141. The van der Waals surface area contributed by atoms with Crippen LogP contribution in [0.2, 0.25) is 0 Å². The van der Waals surface area contributed by atoms with Crippen LogP contribution in [-0.2, 0) is 9.59 Å². The Balaban J connectivity index is 1.90. The lowest BCUT2D eigenvalue weighted by Crippen LogP contribution is -2.47. The Hall–Kier alpha value is -1.10. The number of hydrogen-bond donors (Lipinski definition) is 3. The SMILES string of the molecule is NCC1(C(=O)N[C@H]2CC[C@@H](C(=O)O)C2)CCCC1. The van der Waals surface area contributed by atoms with Crippen molar-refractivity contribution in [3.05, 3.63) is 0 Å². The van der Waals surface area contributed by atoms with Crippen LogP contribution in [0.5, 0.6) is 0 Å². The smallest absolute Gasteiger partial charge is 0.306 e. The summed E-state index contributed by atoms with van der Waals surface area (Å²) in [5.74, 6) is -1.01. The van der Waals surface area contributed by atoms with Gasteiger partial charge in [0.25, 0.3) is 0 Å². The van der Waals surface area contributed by atoms with Crippen LogP contribution in [0.1, 0.15) is 44.9 Å². The highest BCUT2D eigenvalue weighted by Crippen LogP contribution is 2.38. The molecule has 2 saturated carbocycles. The molecule has 2 fully saturated rings. The number of carbonyl (C=O) groups is 2. The maximum Gasteiger partial charge on any atom is 0.306 e. The molecule has 0 unspecified atom stereocenters. The summed E-state index contributed by atoms with van der Waals surface area (Å²) in [6.45, 7) is 0.397. The Bertz CT molecular complexity index is 337. The first-order chi connectivity index (χ1) is 8.57. The van der Waals surface area contributed by atoms with Gasteiger partial charge in [0, 0.05) is 12.6 Å². The molecule has 102 valence electrons. The van der Waals surface area contributed by atoms with E-state index in [0.29, 0.717) is 19.4 Å². The fourth-order valence-corrected chi connectivity index (χ4v) is 3.25. The maximum atomic E-state index is 12.3. The predicted molar refractivity (Wildman–Crippen MR) is 66.9 cm³/mol. The van der Waals surface area contributed by atoms with Gasteiger partial charge in [0.15, 0.2) is 0 Å². The highest BCUT2D eigenvalue weighted by molar-refractivity contribution is 5.83. The number of rotatable bonds is 4. The summed E-state index contributed by atoms with van der Waals surface area (Å²) in [6.07, 6.45) is 5.84. The molecule has 2 atom stereocenters. The Labute approximate surface area is 107 Å². The highest BCUT2D eigenvalue weighted by Gasteiger charge is 2.41. The van der Waals surface area contributed by atoms with Crippen LogP contribution >= 0.6 is 0 Å². The average molecular weight is 254 g/mol. The van der Waals surface area contributed by atoms with Crippen LogP contribution in [0.4, 0.5) is 0 Å². The molecule has 1 amide bonds. The minimum absolute atomic E-state index is 0.0163. The van der Waals surface area contributed by atoms with Gasteiger partial charge in [0.1, 0.15) is 0 Å². The van der Waals surface area contributed by atoms with E-state index in [0.717, 1.165) is 32.1 Å². The van der Waals surface area contributed by atoms with Crippen LogP contribution in [-0.4, -0.2) is 29.6 Å². The van der Waals surface area contributed by atoms with Gasteiger partial charge in [0.05, 0.1) is 11.3 Å². The molecule has 18 heavy (non-hydrogen) atoms. The van der Waals surface area contributed by atoms with Crippen molar-refractivity contribution in [1.82, 2.24) is 5.32 Å². The number of aliphatic carboxylic acids is 1. The number of hydrogen-bond acceptors (Lipinski definition) is 3. The van der Waals surface area contributed by atoms with Crippen molar-refractivity contribution in [3.63, 3.8) is 0 Å². The molecule has 2 aliphatic carbocycles. The van der Waals surface area contributed by atoms with Crippen LogP contribution in [0, 0.1) is 11.3 Å². The molecule has 0 bridgehead atoms. The van der Waals surface area contributed by atoms with Crippen molar-refractivity contribution in [2.45, 2.75) is 51.0 Å². The van der Waals surface area contributed by atoms with Gasteiger partial charge in [-0.2, -0.15) is 0 Å². The minimum atomic E-state index is -0.749. The monoisotopic (exact) mass is 254 g/mol. The summed E-state index contributed by atoms with van der Waals surface area (Å²) >= 11 is 0. The Morgan fingerprint density at radius 1 is 1.28 bits per heavy atom. The lowest BCUT2D eigenvalue weighted by Gasteiger charge is -2.27. The Morgan fingerprint density at radius 2 is 1.94 bits per heavy atom. The van der Waals surface area contributed by atoms with Gasteiger partial charge in [-0.1, -0.05) is 12.8 Å². The standard InChI is InChI=1S/C13H22N2O3/c14-8-13(5-1-2-6-13)12(18)15-10-4-3-9(7-10)11(16)17/h9-10H,1-8,14H2,(H,15,18)(H,16,17)/t9-,10+/m1/s1. The van der Waals surface area contributed by atoms with Crippen molar-refractivity contribution in [2.24, 2.45) is 17.1 Å². The zero-order valence-electron chi connectivity index (χ0n) is 10.7. The zero-order chi connectivity index (χ0) is 13.2. The number of carbonyl (C=O) groups excluding carboxylic acids is 1.